The molecular weight excluding hydrogens is 274 g/mol. The third-order valence-electron chi connectivity index (χ3n) is 5.15. The predicted molar refractivity (Wildman–Crippen MR) is 88.5 cm³/mol. The minimum absolute atomic E-state index is 0.118. The summed E-state index contributed by atoms with van der Waals surface area (Å²) >= 11 is 0. The highest BCUT2D eigenvalue weighted by Crippen LogP contribution is 2.47. The predicted octanol–water partition coefficient (Wildman–Crippen LogP) is 4.60. The SMILES string of the molecule is CCN(C(=O)/C=C/c1ccc(C2CC2C)o1)C1CCCCC1. The number of carbonyl (C=O) groups excluding carboxylic acids is 1. The second kappa shape index (κ2) is 6.72. The monoisotopic (exact) mass is 301 g/mol. The number of hydrogen-bond donors (Lipinski definition) is 0. The molecule has 3 heteroatoms. The van der Waals surface area contributed by atoms with Gasteiger partial charge in [-0.05, 0) is 50.3 Å². The fourth-order valence-electron chi connectivity index (χ4n) is 3.61. The van der Waals surface area contributed by atoms with E-state index in [4.69, 9.17) is 4.42 Å². The maximum Gasteiger partial charge on any atom is 0.246 e. The van der Waals surface area contributed by atoms with E-state index in [2.05, 4.69) is 19.9 Å². The number of furan rings is 1. The van der Waals surface area contributed by atoms with Gasteiger partial charge in [-0.25, -0.2) is 0 Å². The molecule has 120 valence electrons. The van der Waals surface area contributed by atoms with Gasteiger partial charge in [-0.2, -0.15) is 0 Å². The number of amides is 1. The van der Waals surface area contributed by atoms with Crippen LogP contribution in [0.2, 0.25) is 0 Å². The molecule has 1 aromatic rings. The van der Waals surface area contributed by atoms with E-state index >= 15 is 0 Å². The minimum Gasteiger partial charge on any atom is -0.461 e. The Kier molecular flexibility index (Phi) is 4.70. The van der Waals surface area contributed by atoms with Gasteiger partial charge in [-0.1, -0.05) is 26.2 Å². The maximum atomic E-state index is 12.4. The largest absolute Gasteiger partial charge is 0.461 e. The molecule has 1 heterocycles. The van der Waals surface area contributed by atoms with E-state index in [1.54, 1.807) is 6.08 Å². The van der Waals surface area contributed by atoms with E-state index in [0.29, 0.717) is 12.0 Å². The number of carbonyl (C=O) groups is 1. The highest BCUT2D eigenvalue weighted by molar-refractivity contribution is 5.91. The lowest BCUT2D eigenvalue weighted by atomic mass is 9.94. The van der Waals surface area contributed by atoms with Gasteiger partial charge in [-0.15, -0.1) is 0 Å². The Morgan fingerprint density at radius 1 is 1.32 bits per heavy atom. The zero-order valence-corrected chi connectivity index (χ0v) is 13.8. The van der Waals surface area contributed by atoms with Crippen molar-refractivity contribution in [1.82, 2.24) is 4.90 Å². The Balaban J connectivity index is 1.60. The van der Waals surface area contributed by atoms with Crippen molar-refractivity contribution in [2.24, 2.45) is 5.92 Å². The van der Waals surface area contributed by atoms with Crippen LogP contribution in [0.1, 0.15) is 69.8 Å². The minimum atomic E-state index is 0.118. The molecule has 0 saturated heterocycles. The van der Waals surface area contributed by atoms with Crippen molar-refractivity contribution in [3.8, 4) is 0 Å². The number of nitrogens with zero attached hydrogens (tertiary/aromatic N) is 1. The first kappa shape index (κ1) is 15.4. The molecule has 1 aromatic heterocycles. The average molecular weight is 301 g/mol. The van der Waals surface area contributed by atoms with Crippen molar-refractivity contribution in [3.05, 3.63) is 29.7 Å². The summed E-state index contributed by atoms with van der Waals surface area (Å²) in [5.41, 5.74) is 0. The molecule has 2 atom stereocenters. The summed E-state index contributed by atoms with van der Waals surface area (Å²) in [6.07, 6.45) is 10.8. The Hall–Kier alpha value is -1.51. The summed E-state index contributed by atoms with van der Waals surface area (Å²) in [4.78, 5) is 14.5. The van der Waals surface area contributed by atoms with E-state index in [1.807, 2.05) is 17.0 Å². The number of rotatable bonds is 5. The van der Waals surface area contributed by atoms with Gasteiger partial charge in [0.1, 0.15) is 11.5 Å². The van der Waals surface area contributed by atoms with Crippen LogP contribution in [0.15, 0.2) is 22.6 Å². The third-order valence-corrected chi connectivity index (χ3v) is 5.15. The zero-order valence-electron chi connectivity index (χ0n) is 13.8. The molecule has 1 amide bonds. The summed E-state index contributed by atoms with van der Waals surface area (Å²) in [6, 6.07) is 4.45. The van der Waals surface area contributed by atoms with Crippen molar-refractivity contribution in [2.45, 2.75) is 64.3 Å². The summed E-state index contributed by atoms with van der Waals surface area (Å²) in [5.74, 6) is 3.31. The van der Waals surface area contributed by atoms with E-state index in [0.717, 1.165) is 36.8 Å². The molecule has 0 spiro atoms. The summed E-state index contributed by atoms with van der Waals surface area (Å²) in [5, 5.41) is 0. The second-order valence-corrected chi connectivity index (χ2v) is 6.81. The maximum absolute atomic E-state index is 12.4. The number of likely N-dealkylation sites (N-methyl/N-ethyl adjacent to an activating group) is 1. The normalized spacial score (nSPS) is 25.5. The molecule has 0 bridgehead atoms. The summed E-state index contributed by atoms with van der Waals surface area (Å²) in [6.45, 7) is 5.10. The van der Waals surface area contributed by atoms with Gasteiger partial charge >= 0.3 is 0 Å². The lowest BCUT2D eigenvalue weighted by Crippen LogP contribution is -2.40. The first-order chi connectivity index (χ1) is 10.7. The van der Waals surface area contributed by atoms with Crippen molar-refractivity contribution in [3.63, 3.8) is 0 Å². The smallest absolute Gasteiger partial charge is 0.246 e. The highest BCUT2D eigenvalue weighted by Gasteiger charge is 2.36. The van der Waals surface area contributed by atoms with Crippen LogP contribution in [0.3, 0.4) is 0 Å². The van der Waals surface area contributed by atoms with Crippen LogP contribution in [0, 0.1) is 5.92 Å². The van der Waals surface area contributed by atoms with Gasteiger partial charge in [0.2, 0.25) is 5.91 Å². The average Bonchev–Trinajstić information content (AvgIpc) is 3.09. The van der Waals surface area contributed by atoms with E-state index in [1.165, 1.54) is 25.7 Å². The van der Waals surface area contributed by atoms with Crippen molar-refractivity contribution in [1.29, 1.82) is 0 Å². The van der Waals surface area contributed by atoms with Crippen LogP contribution >= 0.6 is 0 Å². The lowest BCUT2D eigenvalue weighted by molar-refractivity contribution is -0.128. The number of hydrogen-bond acceptors (Lipinski definition) is 2. The Bertz CT molecular complexity index is 539. The van der Waals surface area contributed by atoms with Gasteiger partial charge < -0.3 is 9.32 Å². The Morgan fingerprint density at radius 3 is 2.68 bits per heavy atom. The first-order valence-electron chi connectivity index (χ1n) is 8.77. The molecule has 22 heavy (non-hydrogen) atoms. The van der Waals surface area contributed by atoms with E-state index in [9.17, 15) is 4.79 Å². The quantitative estimate of drug-likeness (QED) is 0.745. The lowest BCUT2D eigenvalue weighted by Gasteiger charge is -2.32. The topological polar surface area (TPSA) is 33.5 Å². The molecule has 2 aliphatic rings. The van der Waals surface area contributed by atoms with Crippen LogP contribution in [-0.2, 0) is 4.79 Å². The molecule has 2 unspecified atom stereocenters. The van der Waals surface area contributed by atoms with E-state index in [-0.39, 0.29) is 5.91 Å². The molecule has 0 aromatic carbocycles. The third kappa shape index (κ3) is 3.45. The molecule has 0 aliphatic heterocycles. The molecule has 2 aliphatic carbocycles. The van der Waals surface area contributed by atoms with Gasteiger partial charge in [0.25, 0.3) is 0 Å². The second-order valence-electron chi connectivity index (χ2n) is 6.81. The fraction of sp³-hybridized carbons (Fsp3) is 0.632. The van der Waals surface area contributed by atoms with Gasteiger partial charge in [0.15, 0.2) is 0 Å². The Labute approximate surface area is 133 Å². The molecular formula is C19H27NO2. The zero-order chi connectivity index (χ0) is 15.5. The summed E-state index contributed by atoms with van der Waals surface area (Å²) < 4.78 is 5.83. The highest BCUT2D eigenvalue weighted by atomic mass is 16.3. The van der Waals surface area contributed by atoms with Crippen LogP contribution in [0.5, 0.6) is 0 Å². The molecule has 3 nitrogen and oxygen atoms in total. The molecule has 2 saturated carbocycles. The summed E-state index contributed by atoms with van der Waals surface area (Å²) in [7, 11) is 0. The van der Waals surface area contributed by atoms with Gasteiger partial charge in [0, 0.05) is 24.6 Å². The fourth-order valence-corrected chi connectivity index (χ4v) is 3.61. The standard InChI is InChI=1S/C19H27NO2/c1-3-20(15-7-5-4-6-8-15)19(21)12-10-16-9-11-18(22-16)17-13-14(17)2/h9-12,14-15,17H,3-8,13H2,1-2H3/b12-10+. The molecule has 2 fully saturated rings. The molecule has 0 radical (unpaired) electrons. The van der Waals surface area contributed by atoms with Gasteiger partial charge in [0.05, 0.1) is 0 Å². The van der Waals surface area contributed by atoms with Crippen LogP contribution in [0.4, 0.5) is 0 Å². The van der Waals surface area contributed by atoms with E-state index < -0.39 is 0 Å². The van der Waals surface area contributed by atoms with Crippen molar-refractivity contribution < 1.29 is 9.21 Å². The van der Waals surface area contributed by atoms with Crippen LogP contribution in [-0.4, -0.2) is 23.4 Å². The first-order valence-corrected chi connectivity index (χ1v) is 8.77. The van der Waals surface area contributed by atoms with Crippen LogP contribution < -0.4 is 0 Å². The van der Waals surface area contributed by atoms with Crippen LogP contribution in [0.25, 0.3) is 6.08 Å². The Morgan fingerprint density at radius 2 is 2.05 bits per heavy atom. The molecule has 3 rings (SSSR count). The molecule has 0 N–H and O–H groups in total. The van der Waals surface area contributed by atoms with Gasteiger partial charge in [-0.3, -0.25) is 4.79 Å². The van der Waals surface area contributed by atoms with Crippen molar-refractivity contribution in [2.75, 3.05) is 6.54 Å². The van der Waals surface area contributed by atoms with Crippen molar-refractivity contribution >= 4 is 12.0 Å².